The molecule has 1 N–H and O–H groups in total. The first-order valence-corrected chi connectivity index (χ1v) is 3.01. The van der Waals surface area contributed by atoms with E-state index >= 15 is 0 Å². The van der Waals surface area contributed by atoms with Crippen molar-refractivity contribution in [1.29, 1.82) is 0 Å². The number of Topliss-reactive ketones (excluding diaryl/α,β-unsaturated/α-hetero) is 1. The number of ether oxygens (including phenoxy) is 1. The summed E-state index contributed by atoms with van der Waals surface area (Å²) in [6.07, 6.45) is 4.94. The summed E-state index contributed by atoms with van der Waals surface area (Å²) in [5, 5.41) is 8.24. The second kappa shape index (κ2) is 3.01. The average Bonchev–Trinajstić information content (AvgIpc) is 2.05. The minimum Gasteiger partial charge on any atom is -0.475 e. The third-order valence-corrected chi connectivity index (χ3v) is 1.15. The number of aliphatic carboxylic acids is 1. The summed E-state index contributed by atoms with van der Waals surface area (Å²) in [6.45, 7) is 0. The molecule has 0 aromatic heterocycles. The predicted molar refractivity (Wildman–Crippen MR) is 35.6 cm³/mol. The molecule has 11 heavy (non-hydrogen) atoms. The van der Waals surface area contributed by atoms with E-state index in [1.165, 1.54) is 12.3 Å². The fourth-order valence-corrected chi connectivity index (χ4v) is 0.652. The van der Waals surface area contributed by atoms with Gasteiger partial charge in [-0.15, -0.1) is 0 Å². The molecule has 0 fully saturated rings. The number of carbonyl (C=O) groups excluding carboxylic acids is 1. The van der Waals surface area contributed by atoms with Gasteiger partial charge in [-0.25, -0.2) is 4.79 Å². The van der Waals surface area contributed by atoms with Crippen LogP contribution in [0.25, 0.3) is 0 Å². The summed E-state index contributed by atoms with van der Waals surface area (Å²) in [4.78, 5) is 20.8. The number of rotatable bonds is 2. The molecule has 0 unspecified atom stereocenters. The molecule has 1 aliphatic rings. The summed E-state index contributed by atoms with van der Waals surface area (Å²) >= 11 is 0. The topological polar surface area (TPSA) is 63.6 Å². The molecule has 0 atom stereocenters. The normalized spacial score (nSPS) is 15.1. The number of carboxylic acids is 1. The number of ketones is 1. The molecular formula is C7H6O4. The molecule has 0 radical (unpaired) electrons. The SMILES string of the molecule is O=C(O)C(=O)C1=CCC=CO1. The summed E-state index contributed by atoms with van der Waals surface area (Å²) in [7, 11) is 0. The van der Waals surface area contributed by atoms with Crippen molar-refractivity contribution in [2.24, 2.45) is 0 Å². The number of carbonyl (C=O) groups is 2. The lowest BCUT2D eigenvalue weighted by Gasteiger charge is -2.04. The van der Waals surface area contributed by atoms with Gasteiger partial charge in [0.05, 0.1) is 6.26 Å². The van der Waals surface area contributed by atoms with Crippen molar-refractivity contribution < 1.29 is 19.4 Å². The van der Waals surface area contributed by atoms with Gasteiger partial charge in [0.2, 0.25) is 0 Å². The lowest BCUT2D eigenvalue weighted by Crippen LogP contribution is -2.16. The molecule has 0 aromatic carbocycles. The fourth-order valence-electron chi connectivity index (χ4n) is 0.652. The van der Waals surface area contributed by atoms with Gasteiger partial charge in [-0.3, -0.25) is 4.79 Å². The third kappa shape index (κ3) is 1.67. The Morgan fingerprint density at radius 1 is 1.55 bits per heavy atom. The van der Waals surface area contributed by atoms with E-state index in [4.69, 9.17) is 5.11 Å². The van der Waals surface area contributed by atoms with Gasteiger partial charge in [0, 0.05) is 0 Å². The first-order chi connectivity index (χ1) is 5.22. The Kier molecular flexibility index (Phi) is 2.06. The molecular weight excluding hydrogens is 148 g/mol. The second-order valence-corrected chi connectivity index (χ2v) is 1.93. The van der Waals surface area contributed by atoms with Crippen LogP contribution in [0.2, 0.25) is 0 Å². The van der Waals surface area contributed by atoms with Crippen LogP contribution < -0.4 is 0 Å². The summed E-state index contributed by atoms with van der Waals surface area (Å²) in [6, 6.07) is 0. The highest BCUT2D eigenvalue weighted by molar-refractivity contribution is 6.39. The predicted octanol–water partition coefficient (Wildman–Crippen LogP) is 0.458. The zero-order valence-electron chi connectivity index (χ0n) is 5.61. The zero-order chi connectivity index (χ0) is 8.27. The van der Waals surface area contributed by atoms with Crippen LogP contribution in [0.1, 0.15) is 6.42 Å². The van der Waals surface area contributed by atoms with Gasteiger partial charge >= 0.3 is 11.8 Å². The Labute approximate surface area is 62.8 Å². The summed E-state index contributed by atoms with van der Waals surface area (Å²) in [5.41, 5.74) is 0. The van der Waals surface area contributed by atoms with Crippen LogP contribution in [-0.4, -0.2) is 16.9 Å². The minimum absolute atomic E-state index is 0.111. The number of hydrogen-bond acceptors (Lipinski definition) is 3. The van der Waals surface area contributed by atoms with Crippen LogP contribution in [0.15, 0.2) is 24.2 Å². The van der Waals surface area contributed by atoms with E-state index in [-0.39, 0.29) is 5.76 Å². The Morgan fingerprint density at radius 3 is 2.73 bits per heavy atom. The van der Waals surface area contributed by atoms with E-state index in [1.54, 1.807) is 6.08 Å². The molecule has 1 rings (SSSR count). The average molecular weight is 154 g/mol. The van der Waals surface area contributed by atoms with Crippen molar-refractivity contribution in [3.63, 3.8) is 0 Å². The molecule has 4 nitrogen and oxygen atoms in total. The molecule has 0 saturated heterocycles. The first kappa shape index (κ1) is 7.53. The fraction of sp³-hybridized carbons (Fsp3) is 0.143. The van der Waals surface area contributed by atoms with Crippen molar-refractivity contribution in [2.45, 2.75) is 6.42 Å². The molecule has 0 spiro atoms. The van der Waals surface area contributed by atoms with E-state index in [1.807, 2.05) is 0 Å². The molecule has 0 aliphatic carbocycles. The van der Waals surface area contributed by atoms with Gasteiger partial charge in [-0.2, -0.15) is 0 Å². The monoisotopic (exact) mass is 154 g/mol. The molecule has 0 bridgehead atoms. The summed E-state index contributed by atoms with van der Waals surface area (Å²) in [5.74, 6) is -2.61. The smallest absolute Gasteiger partial charge is 0.380 e. The number of allylic oxidation sites excluding steroid dienone is 2. The quantitative estimate of drug-likeness (QED) is 0.587. The molecule has 4 heteroatoms. The molecule has 1 aliphatic heterocycles. The van der Waals surface area contributed by atoms with Crippen LogP contribution in [0, 0.1) is 0 Å². The second-order valence-electron chi connectivity index (χ2n) is 1.93. The minimum atomic E-state index is -1.49. The van der Waals surface area contributed by atoms with Crippen LogP contribution in [0.3, 0.4) is 0 Å². The number of carboxylic acid groups (broad SMARTS) is 1. The summed E-state index contributed by atoms with van der Waals surface area (Å²) < 4.78 is 4.65. The van der Waals surface area contributed by atoms with E-state index in [0.717, 1.165) is 0 Å². The maximum absolute atomic E-state index is 10.7. The molecule has 0 saturated carbocycles. The van der Waals surface area contributed by atoms with E-state index in [9.17, 15) is 9.59 Å². The van der Waals surface area contributed by atoms with Crippen molar-refractivity contribution in [3.8, 4) is 0 Å². The van der Waals surface area contributed by atoms with Crippen LogP contribution >= 0.6 is 0 Å². The van der Waals surface area contributed by atoms with Gasteiger partial charge in [0.15, 0.2) is 5.76 Å². The van der Waals surface area contributed by atoms with Crippen molar-refractivity contribution in [1.82, 2.24) is 0 Å². The van der Waals surface area contributed by atoms with E-state index < -0.39 is 11.8 Å². The highest BCUT2D eigenvalue weighted by atomic mass is 16.5. The highest BCUT2D eigenvalue weighted by Gasteiger charge is 2.19. The maximum Gasteiger partial charge on any atom is 0.380 e. The van der Waals surface area contributed by atoms with Crippen LogP contribution in [0.4, 0.5) is 0 Å². The van der Waals surface area contributed by atoms with Crippen molar-refractivity contribution in [2.75, 3.05) is 0 Å². The third-order valence-electron chi connectivity index (χ3n) is 1.15. The maximum atomic E-state index is 10.7. The van der Waals surface area contributed by atoms with E-state index in [0.29, 0.717) is 6.42 Å². The first-order valence-electron chi connectivity index (χ1n) is 3.01. The van der Waals surface area contributed by atoms with Gasteiger partial charge in [0.25, 0.3) is 0 Å². The van der Waals surface area contributed by atoms with Crippen LogP contribution in [-0.2, 0) is 14.3 Å². The Morgan fingerprint density at radius 2 is 2.27 bits per heavy atom. The van der Waals surface area contributed by atoms with Gasteiger partial charge in [-0.05, 0) is 18.6 Å². The Balaban J connectivity index is 2.68. The zero-order valence-corrected chi connectivity index (χ0v) is 5.61. The van der Waals surface area contributed by atoms with Gasteiger partial charge in [0.1, 0.15) is 0 Å². The molecule has 58 valence electrons. The van der Waals surface area contributed by atoms with Crippen LogP contribution in [0.5, 0.6) is 0 Å². The lowest BCUT2D eigenvalue weighted by atomic mass is 10.2. The molecule has 0 amide bonds. The molecule has 0 aromatic rings. The standard InChI is InChI=1S/C7H6O4/c8-6(7(9)10)5-3-1-2-4-11-5/h2-4H,1H2,(H,9,10). The number of hydrogen-bond donors (Lipinski definition) is 1. The van der Waals surface area contributed by atoms with Crippen molar-refractivity contribution >= 4 is 11.8 Å². The van der Waals surface area contributed by atoms with Gasteiger partial charge in [-0.1, -0.05) is 0 Å². The Hall–Kier alpha value is -1.58. The molecule has 1 heterocycles. The van der Waals surface area contributed by atoms with E-state index in [2.05, 4.69) is 4.74 Å². The lowest BCUT2D eigenvalue weighted by molar-refractivity contribution is -0.148. The highest BCUT2D eigenvalue weighted by Crippen LogP contribution is 2.07. The Bertz CT molecular complexity index is 249. The van der Waals surface area contributed by atoms with Crippen molar-refractivity contribution in [3.05, 3.63) is 24.2 Å². The van der Waals surface area contributed by atoms with Gasteiger partial charge < -0.3 is 9.84 Å². The largest absolute Gasteiger partial charge is 0.475 e.